The average Bonchev–Trinajstić information content (AvgIpc) is 1.69. The van der Waals surface area contributed by atoms with E-state index in [4.69, 9.17) is 46.1 Å². The molecule has 6 heterocycles. The lowest BCUT2D eigenvalue weighted by Crippen LogP contribution is -2.31. The molecule has 0 saturated heterocycles. The Bertz CT molecular complexity index is 6380. The van der Waals surface area contributed by atoms with E-state index in [9.17, 15) is 28.8 Å². The van der Waals surface area contributed by atoms with Gasteiger partial charge in [-0.3, -0.25) is 43.7 Å². The zero-order valence-electron chi connectivity index (χ0n) is 70.1. The molecule has 628 valence electrons. The quantitative estimate of drug-likeness (QED) is 0.0238. The minimum Gasteiger partial charge on any atom is -0.429 e. The van der Waals surface area contributed by atoms with Crippen LogP contribution >= 0.6 is 0 Å². The molecule has 16 N–H and O–H groups in total. The number of imidazole rings is 3. The Morgan fingerprint density at radius 2 is 0.584 bits per heavy atom. The number of benzene rings is 12. The first-order chi connectivity index (χ1) is 59.6. The summed E-state index contributed by atoms with van der Waals surface area (Å²) in [6, 6.07) is 82.0. The van der Waals surface area contributed by atoms with Gasteiger partial charge in [0, 0.05) is 103 Å². The molecular formula is C99H95N19O7. The highest BCUT2D eigenvalue weighted by Gasteiger charge is 2.24. The van der Waals surface area contributed by atoms with Crippen molar-refractivity contribution in [3.8, 4) is 73.3 Å². The molecule has 15 aromatic rings. The summed E-state index contributed by atoms with van der Waals surface area (Å²) in [5, 5.41) is 8.85. The lowest BCUT2D eigenvalue weighted by Gasteiger charge is -2.10. The van der Waals surface area contributed by atoms with E-state index in [0.717, 1.165) is 190 Å². The molecule has 125 heavy (non-hydrogen) atoms. The molecule has 0 aliphatic carbocycles. The van der Waals surface area contributed by atoms with Gasteiger partial charge in [-0.15, -0.1) is 0 Å². The fourth-order valence-corrected chi connectivity index (χ4v) is 14.9. The number of aromatic amines is 3. The normalized spacial score (nSPS) is 12.2. The number of likely N-dealkylation sites (N-methyl/N-ethyl adjacent to an activating group) is 3. The van der Waals surface area contributed by atoms with E-state index in [2.05, 4.69) is 122 Å². The van der Waals surface area contributed by atoms with E-state index in [1.165, 1.54) is 16.7 Å². The number of ether oxygens (including phenoxy) is 1. The Hall–Kier alpha value is -15.3. The van der Waals surface area contributed by atoms with Gasteiger partial charge in [0.25, 0.3) is 24.2 Å². The number of H-pyrrole nitrogens is 3. The van der Waals surface area contributed by atoms with Crippen LogP contribution in [0.3, 0.4) is 0 Å². The zero-order valence-corrected chi connectivity index (χ0v) is 70.1. The number of fused-ring (bicyclic) bond motifs is 6. The molecular weight excluding hydrogens is 1570 g/mol. The molecule has 0 atom stereocenters. The van der Waals surface area contributed by atoms with Crippen molar-refractivity contribution in [2.45, 2.75) is 19.3 Å². The predicted octanol–water partition coefficient (Wildman–Crippen LogP) is 15.7. The van der Waals surface area contributed by atoms with Gasteiger partial charge in [-0.2, -0.15) is 0 Å². The lowest BCUT2D eigenvalue weighted by atomic mass is 9.98. The van der Waals surface area contributed by atoms with Crippen LogP contribution in [0.15, 0.2) is 270 Å². The van der Waals surface area contributed by atoms with Gasteiger partial charge >= 0.3 is 0 Å². The summed E-state index contributed by atoms with van der Waals surface area (Å²) in [4.78, 5) is 116. The number of nitrogens with two attached hydrogens (primary N) is 2. The van der Waals surface area contributed by atoms with Crippen molar-refractivity contribution in [2.24, 2.45) is 26.4 Å². The minimum absolute atomic E-state index is 0. The first-order valence-corrected chi connectivity index (χ1v) is 40.4. The number of aliphatic imine (C=N–C) groups is 3. The van der Waals surface area contributed by atoms with E-state index in [0.29, 0.717) is 59.7 Å². The highest BCUT2D eigenvalue weighted by atomic mass is 16.5. The second-order valence-electron chi connectivity index (χ2n) is 31.2. The lowest BCUT2D eigenvalue weighted by molar-refractivity contribution is -0.120. The van der Waals surface area contributed by atoms with E-state index in [1.54, 1.807) is 36.4 Å². The summed E-state index contributed by atoms with van der Waals surface area (Å²) in [6.07, 6.45) is 2.20. The second kappa shape index (κ2) is 38.2. The molecule has 26 nitrogen and oxygen atoms in total. The predicted molar refractivity (Wildman–Crippen MR) is 496 cm³/mol. The Kier molecular flexibility index (Phi) is 26.3. The highest BCUT2D eigenvalue weighted by Crippen LogP contribution is 2.39. The van der Waals surface area contributed by atoms with Crippen LogP contribution in [0.2, 0.25) is 0 Å². The van der Waals surface area contributed by atoms with E-state index in [1.807, 2.05) is 184 Å². The van der Waals surface area contributed by atoms with Gasteiger partial charge in [-0.05, 0) is 267 Å². The standard InChI is InChI=1S/2C33H30N6O2.C33H29N5O3.2H3N/c2*1-39(2)16-15-35-33(41)23-9-3-20(4-10-23)29-19-26-17-24(11-13-27(26)36-29)25-12-14-28-30(18-25)38-32(37-28)22-7-5-21(6-8-22)31(34)40;1-38(2)16-15-34-33(40)23-5-3-21(4-6-23)30-19-26-17-24(9-13-28(26)35-30)25-10-14-29-31(18-25)37-32(36-29)22-7-11-27(12-8-22)41-20-39;;/h2*3-14,17-18H,15-16,19H2,1-2H3,(H2,34,40)(H,35,41)(H,37,38);3-14,17-18,20H,15-16,19H2,1-2H3,(H,34,40)(H,36,37);2*1H3. The number of nitrogens with one attached hydrogen (secondary N) is 6. The number of primary amides is 2. The third kappa shape index (κ3) is 20.2. The van der Waals surface area contributed by atoms with Crippen LogP contribution in [0, 0.1) is 0 Å². The van der Waals surface area contributed by atoms with E-state index < -0.39 is 11.8 Å². The maximum Gasteiger partial charge on any atom is 0.298 e. The van der Waals surface area contributed by atoms with Crippen molar-refractivity contribution in [1.29, 1.82) is 0 Å². The molecule has 0 saturated carbocycles. The Labute approximate surface area is 722 Å². The van der Waals surface area contributed by atoms with Crippen LogP contribution < -0.4 is 44.5 Å². The van der Waals surface area contributed by atoms with Gasteiger partial charge in [-0.25, -0.2) is 15.0 Å². The largest absolute Gasteiger partial charge is 0.429 e. The molecule has 3 aliphatic heterocycles. The smallest absolute Gasteiger partial charge is 0.298 e. The van der Waals surface area contributed by atoms with Crippen molar-refractivity contribution in [3.63, 3.8) is 0 Å². The molecule has 3 aromatic heterocycles. The van der Waals surface area contributed by atoms with Crippen LogP contribution in [0.1, 0.15) is 85.2 Å². The van der Waals surface area contributed by atoms with Gasteiger partial charge in [-0.1, -0.05) is 97.1 Å². The van der Waals surface area contributed by atoms with Gasteiger partial charge in [0.05, 0.1) is 67.3 Å². The number of nitrogens with zero attached hydrogens (tertiary/aromatic N) is 9. The molecule has 26 heteroatoms. The fraction of sp³-hybridized carbons (Fsp3) is 0.152. The van der Waals surface area contributed by atoms with Gasteiger partial charge in [0.15, 0.2) is 0 Å². The van der Waals surface area contributed by atoms with Crippen molar-refractivity contribution >= 4 is 103 Å². The van der Waals surface area contributed by atoms with Gasteiger partial charge < -0.3 is 74.1 Å². The highest BCUT2D eigenvalue weighted by molar-refractivity contribution is 6.10. The van der Waals surface area contributed by atoms with Crippen molar-refractivity contribution < 1.29 is 33.5 Å². The second-order valence-corrected chi connectivity index (χ2v) is 31.2. The summed E-state index contributed by atoms with van der Waals surface area (Å²) in [6.45, 7) is 4.64. The fourth-order valence-electron chi connectivity index (χ4n) is 14.9. The number of amides is 5. The van der Waals surface area contributed by atoms with E-state index in [-0.39, 0.29) is 30.0 Å². The molecule has 0 radical (unpaired) electrons. The monoisotopic (exact) mass is 1660 g/mol. The molecule has 0 unspecified atom stereocenters. The molecule has 0 spiro atoms. The minimum atomic E-state index is -0.453. The van der Waals surface area contributed by atoms with Gasteiger partial charge in [0.2, 0.25) is 11.8 Å². The Morgan fingerprint density at radius 1 is 0.336 bits per heavy atom. The first-order valence-electron chi connectivity index (χ1n) is 40.4. The van der Waals surface area contributed by atoms with Crippen LogP contribution in [0.5, 0.6) is 5.75 Å². The maximum absolute atomic E-state index is 12.4. The van der Waals surface area contributed by atoms with Crippen molar-refractivity contribution in [1.82, 2.24) is 72.9 Å². The third-order valence-corrected chi connectivity index (χ3v) is 21.7. The Morgan fingerprint density at radius 3 is 0.856 bits per heavy atom. The molecule has 5 amide bonds. The third-order valence-electron chi connectivity index (χ3n) is 21.7. The first kappa shape index (κ1) is 86.1. The molecule has 3 aliphatic rings. The average molecular weight is 1660 g/mol. The number of carbonyl (C=O) groups excluding carboxylic acids is 6. The van der Waals surface area contributed by atoms with Crippen LogP contribution in [-0.2, 0) is 24.1 Å². The van der Waals surface area contributed by atoms with Crippen molar-refractivity contribution in [3.05, 3.63) is 316 Å². The summed E-state index contributed by atoms with van der Waals surface area (Å²) in [5.74, 6) is 1.60. The summed E-state index contributed by atoms with van der Waals surface area (Å²) < 4.78 is 4.88. The van der Waals surface area contributed by atoms with Crippen LogP contribution in [0.25, 0.3) is 101 Å². The number of carbonyl (C=O) groups is 6. The number of aromatic nitrogens is 6. The summed E-state index contributed by atoms with van der Waals surface area (Å²) in [7, 11) is 11.9. The summed E-state index contributed by atoms with van der Waals surface area (Å²) >= 11 is 0. The van der Waals surface area contributed by atoms with Crippen LogP contribution in [-0.4, -0.2) is 179 Å². The maximum atomic E-state index is 12.4. The van der Waals surface area contributed by atoms with E-state index >= 15 is 0 Å². The van der Waals surface area contributed by atoms with Crippen molar-refractivity contribution in [2.75, 3.05) is 81.6 Å². The number of rotatable bonds is 25. The van der Waals surface area contributed by atoms with Crippen LogP contribution in [0.4, 0.5) is 17.1 Å². The SMILES string of the molecule is CN(C)CCNC(=O)c1ccc(C2=Nc3ccc(-c4ccc5nc(-c6ccc(C(N)=O)cc6)[nH]c5c4)cc3C2)cc1.CN(C)CCNC(=O)c1ccc(C2=Nc3ccc(-c4ccc5nc(-c6ccc(C(N)=O)cc6)[nH]c5c4)cc3C2)cc1.CN(C)CCNC(=O)c1ccc(C2=Nc3ccc(-c4ccc5nc(-c6ccc(OC=O)cc6)[nH]c5c4)cc3C2)cc1.N.N. The molecule has 0 fully saturated rings. The molecule has 0 bridgehead atoms. The topological polar surface area (TPSA) is 403 Å². The molecule has 18 rings (SSSR count). The molecule has 12 aromatic carbocycles. The number of hydrogen-bond donors (Lipinski definition) is 10. The zero-order chi connectivity index (χ0) is 85.4. The Balaban J connectivity index is 0.000000151. The number of hydrogen-bond acceptors (Lipinski definition) is 18. The van der Waals surface area contributed by atoms with Gasteiger partial charge in [0.1, 0.15) is 23.2 Å². The summed E-state index contributed by atoms with van der Waals surface area (Å²) in [5.41, 5.74) is 40.7.